The first-order chi connectivity index (χ1) is 9.66. The monoisotopic (exact) mass is 279 g/mol. The summed E-state index contributed by atoms with van der Waals surface area (Å²) in [6, 6.07) is 0.0651. The Balaban J connectivity index is 1.62. The number of carboxylic acids is 1. The molecule has 1 saturated heterocycles. The van der Waals surface area contributed by atoms with Crippen molar-refractivity contribution in [2.24, 2.45) is 17.8 Å². The van der Waals surface area contributed by atoms with Gasteiger partial charge < -0.3 is 15.2 Å². The van der Waals surface area contributed by atoms with Crippen molar-refractivity contribution in [2.75, 3.05) is 6.61 Å². The number of carbonyl (C=O) groups is 2. The normalized spacial score (nSPS) is 36.8. The van der Waals surface area contributed by atoms with E-state index in [0.29, 0.717) is 25.4 Å². The van der Waals surface area contributed by atoms with Gasteiger partial charge in [-0.15, -0.1) is 0 Å². The molecule has 4 atom stereocenters. The van der Waals surface area contributed by atoms with Gasteiger partial charge in [0, 0.05) is 6.61 Å². The van der Waals surface area contributed by atoms with Crippen LogP contribution in [-0.4, -0.2) is 35.7 Å². The first-order valence-electron chi connectivity index (χ1n) is 7.46. The Morgan fingerprint density at radius 3 is 2.45 bits per heavy atom. The Morgan fingerprint density at radius 1 is 1.10 bits per heavy atom. The van der Waals surface area contributed by atoms with Crippen molar-refractivity contribution in [1.82, 2.24) is 5.32 Å². The minimum absolute atomic E-state index is 0.0651. The Morgan fingerprint density at radius 2 is 1.80 bits per heavy atom. The summed E-state index contributed by atoms with van der Waals surface area (Å²) in [5.74, 6) is -1.46. The average Bonchev–Trinajstić information content (AvgIpc) is 3.19. The van der Waals surface area contributed by atoms with Crippen LogP contribution in [0.15, 0.2) is 12.2 Å². The topological polar surface area (TPSA) is 75.6 Å². The van der Waals surface area contributed by atoms with Gasteiger partial charge in [-0.05, 0) is 38.0 Å². The molecule has 0 radical (unpaired) electrons. The Kier molecular flexibility index (Phi) is 3.78. The summed E-state index contributed by atoms with van der Waals surface area (Å²) < 4.78 is 5.71. The quantitative estimate of drug-likeness (QED) is 0.761. The number of ether oxygens (including phenoxy) is 1. The first-order valence-corrected chi connectivity index (χ1v) is 7.46. The summed E-state index contributed by atoms with van der Waals surface area (Å²) in [5.41, 5.74) is 0. The van der Waals surface area contributed by atoms with Crippen LogP contribution < -0.4 is 5.32 Å². The van der Waals surface area contributed by atoms with E-state index in [-0.39, 0.29) is 18.1 Å². The smallest absolute Gasteiger partial charge is 0.307 e. The predicted molar refractivity (Wildman–Crippen MR) is 72.0 cm³/mol. The number of amides is 1. The molecule has 5 heteroatoms. The van der Waals surface area contributed by atoms with Gasteiger partial charge in [-0.2, -0.15) is 0 Å². The largest absolute Gasteiger partial charge is 0.481 e. The van der Waals surface area contributed by atoms with Crippen molar-refractivity contribution in [3.8, 4) is 0 Å². The van der Waals surface area contributed by atoms with Gasteiger partial charge in [0.2, 0.25) is 5.91 Å². The fraction of sp³-hybridized carbons (Fsp3) is 0.733. The van der Waals surface area contributed by atoms with Crippen LogP contribution in [0.25, 0.3) is 0 Å². The molecular weight excluding hydrogens is 258 g/mol. The zero-order valence-corrected chi connectivity index (χ0v) is 11.5. The molecule has 20 heavy (non-hydrogen) atoms. The lowest BCUT2D eigenvalue weighted by Gasteiger charge is -2.27. The van der Waals surface area contributed by atoms with E-state index in [2.05, 4.69) is 5.32 Å². The van der Waals surface area contributed by atoms with Gasteiger partial charge in [0.25, 0.3) is 0 Å². The van der Waals surface area contributed by atoms with E-state index in [0.717, 1.165) is 6.42 Å². The van der Waals surface area contributed by atoms with E-state index < -0.39 is 17.8 Å². The number of hydrogen-bond donors (Lipinski definition) is 2. The van der Waals surface area contributed by atoms with Crippen LogP contribution in [0, 0.1) is 17.8 Å². The highest BCUT2D eigenvalue weighted by Crippen LogP contribution is 2.39. The molecule has 3 aliphatic rings. The van der Waals surface area contributed by atoms with Crippen molar-refractivity contribution in [3.63, 3.8) is 0 Å². The van der Waals surface area contributed by atoms with Gasteiger partial charge in [-0.3, -0.25) is 9.59 Å². The van der Waals surface area contributed by atoms with Gasteiger partial charge in [0.1, 0.15) is 0 Å². The molecule has 0 aromatic carbocycles. The summed E-state index contributed by atoms with van der Waals surface area (Å²) in [7, 11) is 0. The molecule has 0 aromatic heterocycles. The standard InChI is InChI=1S/C15H21NO4/c17-14(10-3-1-2-4-11(10)15(18)19)16-12-7-8-20-13(12)9-5-6-9/h1-2,9-13H,3-8H2,(H,16,17)(H,18,19)/t10-,11+,12?,13?/m1/s1. The zero-order chi connectivity index (χ0) is 14.1. The van der Waals surface area contributed by atoms with Crippen LogP contribution >= 0.6 is 0 Å². The van der Waals surface area contributed by atoms with Crippen LogP contribution in [0.4, 0.5) is 0 Å². The second kappa shape index (κ2) is 5.56. The zero-order valence-electron chi connectivity index (χ0n) is 11.5. The third-order valence-corrected chi connectivity index (χ3v) is 4.64. The van der Waals surface area contributed by atoms with Crippen molar-refractivity contribution in [2.45, 2.75) is 44.2 Å². The number of rotatable bonds is 4. The maximum absolute atomic E-state index is 12.4. The Hall–Kier alpha value is -1.36. The maximum Gasteiger partial charge on any atom is 0.307 e. The number of carbonyl (C=O) groups excluding carboxylic acids is 1. The number of nitrogens with one attached hydrogen (secondary N) is 1. The second-order valence-corrected chi connectivity index (χ2v) is 6.07. The van der Waals surface area contributed by atoms with Crippen LogP contribution in [0.3, 0.4) is 0 Å². The highest BCUT2D eigenvalue weighted by Gasteiger charge is 2.42. The van der Waals surface area contributed by atoms with Crippen LogP contribution in [0.5, 0.6) is 0 Å². The van der Waals surface area contributed by atoms with E-state index in [9.17, 15) is 14.7 Å². The van der Waals surface area contributed by atoms with Gasteiger partial charge in [0.15, 0.2) is 0 Å². The molecule has 2 fully saturated rings. The molecule has 1 heterocycles. The number of allylic oxidation sites excluding steroid dienone is 2. The third-order valence-electron chi connectivity index (χ3n) is 4.64. The fourth-order valence-corrected chi connectivity index (χ4v) is 3.32. The fourth-order valence-electron chi connectivity index (χ4n) is 3.32. The SMILES string of the molecule is O=C(O)[C@H]1CC=CC[C@H]1C(=O)NC1CCOC1C1CC1. The average molecular weight is 279 g/mol. The van der Waals surface area contributed by atoms with E-state index in [1.807, 2.05) is 12.2 Å². The first kappa shape index (κ1) is 13.6. The van der Waals surface area contributed by atoms with Gasteiger partial charge in [-0.1, -0.05) is 12.2 Å². The van der Waals surface area contributed by atoms with Gasteiger partial charge >= 0.3 is 5.97 Å². The highest BCUT2D eigenvalue weighted by molar-refractivity contribution is 5.85. The molecule has 2 unspecified atom stereocenters. The van der Waals surface area contributed by atoms with Crippen LogP contribution in [-0.2, 0) is 14.3 Å². The molecule has 2 N–H and O–H groups in total. The summed E-state index contributed by atoms with van der Waals surface area (Å²) in [4.78, 5) is 23.6. The molecule has 3 rings (SSSR count). The molecule has 1 amide bonds. The van der Waals surface area contributed by atoms with E-state index in [1.54, 1.807) is 0 Å². The van der Waals surface area contributed by atoms with Crippen molar-refractivity contribution in [1.29, 1.82) is 0 Å². The van der Waals surface area contributed by atoms with Gasteiger partial charge in [0.05, 0.1) is 24.0 Å². The molecule has 110 valence electrons. The molecule has 1 aliphatic heterocycles. The minimum atomic E-state index is -0.879. The summed E-state index contributed by atoms with van der Waals surface area (Å²) in [5, 5.41) is 12.3. The molecule has 2 aliphatic carbocycles. The Bertz CT molecular complexity index is 430. The lowest BCUT2D eigenvalue weighted by atomic mass is 9.82. The lowest BCUT2D eigenvalue weighted by molar-refractivity contribution is -0.147. The third kappa shape index (κ3) is 2.73. The summed E-state index contributed by atoms with van der Waals surface area (Å²) in [6.45, 7) is 0.693. The van der Waals surface area contributed by atoms with E-state index in [1.165, 1.54) is 12.8 Å². The molecule has 0 aromatic rings. The van der Waals surface area contributed by atoms with Crippen molar-refractivity contribution >= 4 is 11.9 Å². The van der Waals surface area contributed by atoms with Crippen molar-refractivity contribution in [3.05, 3.63) is 12.2 Å². The van der Waals surface area contributed by atoms with Gasteiger partial charge in [-0.25, -0.2) is 0 Å². The van der Waals surface area contributed by atoms with Crippen LogP contribution in [0.1, 0.15) is 32.1 Å². The van der Waals surface area contributed by atoms with E-state index in [4.69, 9.17) is 4.74 Å². The Labute approximate surface area is 118 Å². The van der Waals surface area contributed by atoms with Crippen molar-refractivity contribution < 1.29 is 19.4 Å². The summed E-state index contributed by atoms with van der Waals surface area (Å²) >= 11 is 0. The molecule has 1 saturated carbocycles. The predicted octanol–water partition coefficient (Wildman–Crippen LogP) is 1.34. The number of hydrogen-bond acceptors (Lipinski definition) is 3. The van der Waals surface area contributed by atoms with Crippen LogP contribution in [0.2, 0.25) is 0 Å². The molecule has 0 spiro atoms. The molecular formula is C15H21NO4. The van der Waals surface area contributed by atoms with E-state index >= 15 is 0 Å². The number of aliphatic carboxylic acids is 1. The highest BCUT2D eigenvalue weighted by atomic mass is 16.5. The second-order valence-electron chi connectivity index (χ2n) is 6.07. The maximum atomic E-state index is 12.4. The molecule has 0 bridgehead atoms. The summed E-state index contributed by atoms with van der Waals surface area (Å²) in [6.07, 6.45) is 8.07. The number of carboxylic acid groups (broad SMARTS) is 1. The molecule has 5 nitrogen and oxygen atoms in total. The lowest BCUT2D eigenvalue weighted by Crippen LogP contribution is -2.46. The minimum Gasteiger partial charge on any atom is -0.481 e.